The van der Waals surface area contributed by atoms with Crippen molar-refractivity contribution in [1.82, 2.24) is 24.6 Å². The van der Waals surface area contributed by atoms with Gasteiger partial charge in [0.15, 0.2) is 9.84 Å². The molecule has 0 bridgehead atoms. The lowest BCUT2D eigenvalue weighted by Crippen LogP contribution is -2.40. The maximum absolute atomic E-state index is 12.7. The van der Waals surface area contributed by atoms with Crippen LogP contribution in [0.1, 0.15) is 43.8 Å². The number of piperidine rings is 1. The van der Waals surface area contributed by atoms with Crippen LogP contribution in [0.5, 0.6) is 0 Å². The molecule has 27 heavy (non-hydrogen) atoms. The molecule has 1 saturated heterocycles. The van der Waals surface area contributed by atoms with E-state index < -0.39 is 9.84 Å². The van der Waals surface area contributed by atoms with Gasteiger partial charge in [0.2, 0.25) is 5.91 Å². The Morgan fingerprint density at radius 1 is 1.44 bits per heavy atom. The van der Waals surface area contributed by atoms with Crippen LogP contribution in [0.25, 0.3) is 0 Å². The van der Waals surface area contributed by atoms with Crippen LogP contribution in [0, 0.1) is 0 Å². The van der Waals surface area contributed by atoms with Gasteiger partial charge in [0.1, 0.15) is 12.7 Å². The van der Waals surface area contributed by atoms with Crippen molar-refractivity contribution < 1.29 is 13.2 Å². The van der Waals surface area contributed by atoms with E-state index in [-0.39, 0.29) is 27.8 Å². The fourth-order valence-corrected chi connectivity index (χ4v) is 4.54. The number of rotatable bonds is 5. The van der Waals surface area contributed by atoms with Crippen molar-refractivity contribution >= 4 is 27.3 Å². The highest BCUT2D eigenvalue weighted by atomic mass is 35.5. The van der Waals surface area contributed by atoms with Crippen LogP contribution in [0.2, 0.25) is 5.02 Å². The predicted octanol–water partition coefficient (Wildman–Crippen LogP) is 2.09. The van der Waals surface area contributed by atoms with Crippen molar-refractivity contribution in [1.29, 1.82) is 0 Å². The van der Waals surface area contributed by atoms with Crippen molar-refractivity contribution in [3.8, 4) is 0 Å². The van der Waals surface area contributed by atoms with Crippen molar-refractivity contribution in [3.05, 3.63) is 35.6 Å². The van der Waals surface area contributed by atoms with Crippen molar-refractivity contribution in [2.24, 2.45) is 0 Å². The van der Waals surface area contributed by atoms with Gasteiger partial charge in [-0.25, -0.2) is 18.1 Å². The zero-order valence-corrected chi connectivity index (χ0v) is 16.8. The van der Waals surface area contributed by atoms with Crippen LogP contribution in [-0.2, 0) is 14.6 Å². The largest absolute Gasteiger partial charge is 0.342 e. The molecule has 0 aliphatic carbocycles. The first-order valence-electron chi connectivity index (χ1n) is 8.73. The molecular weight excluding hydrogens is 390 g/mol. The summed E-state index contributed by atoms with van der Waals surface area (Å²) in [6.45, 7) is 3.01. The Morgan fingerprint density at radius 2 is 2.22 bits per heavy atom. The molecule has 0 saturated carbocycles. The summed E-state index contributed by atoms with van der Waals surface area (Å²) in [7, 11) is -3.46. The third-order valence-corrected chi connectivity index (χ3v) is 6.10. The summed E-state index contributed by atoms with van der Waals surface area (Å²) in [5.74, 6) is -0.121. The number of hydrogen-bond donors (Lipinski definition) is 0. The van der Waals surface area contributed by atoms with Gasteiger partial charge in [0.25, 0.3) is 0 Å². The lowest BCUT2D eigenvalue weighted by molar-refractivity contribution is -0.133. The Balaban J connectivity index is 1.76. The minimum atomic E-state index is -3.46. The molecule has 0 unspecified atom stereocenters. The maximum atomic E-state index is 12.7. The molecule has 10 heteroatoms. The predicted molar refractivity (Wildman–Crippen MR) is 100 cm³/mol. The number of aromatic nitrogens is 4. The van der Waals surface area contributed by atoms with E-state index in [9.17, 15) is 13.2 Å². The van der Waals surface area contributed by atoms with Crippen molar-refractivity contribution in [2.45, 2.75) is 43.0 Å². The summed E-state index contributed by atoms with van der Waals surface area (Å²) in [6.07, 6.45) is 7.52. The summed E-state index contributed by atoms with van der Waals surface area (Å²) in [5, 5.41) is 4.35. The van der Waals surface area contributed by atoms with Crippen LogP contribution in [0.15, 0.2) is 29.8 Å². The topological polar surface area (TPSA) is 98.1 Å². The lowest BCUT2D eigenvalue weighted by atomic mass is 9.93. The zero-order valence-electron chi connectivity index (χ0n) is 15.2. The first kappa shape index (κ1) is 19.8. The molecule has 0 aromatic carbocycles. The van der Waals surface area contributed by atoms with Crippen LogP contribution < -0.4 is 0 Å². The highest BCUT2D eigenvalue weighted by Gasteiger charge is 2.30. The number of halogens is 1. The summed E-state index contributed by atoms with van der Waals surface area (Å²) >= 11 is 5.94. The zero-order chi connectivity index (χ0) is 19.6. The summed E-state index contributed by atoms with van der Waals surface area (Å²) in [5.41, 5.74) is 0.490. The van der Waals surface area contributed by atoms with Gasteiger partial charge in [0.05, 0.1) is 21.7 Å². The van der Waals surface area contributed by atoms with Gasteiger partial charge in [-0.1, -0.05) is 11.6 Å². The van der Waals surface area contributed by atoms with E-state index in [1.807, 2.05) is 6.92 Å². The average Bonchev–Trinajstić information content (AvgIpc) is 3.16. The van der Waals surface area contributed by atoms with Crippen LogP contribution in [-0.4, -0.2) is 58.3 Å². The fraction of sp³-hybridized carbons (Fsp3) is 0.529. The number of carbonyl (C=O) groups excluding carboxylic acids is 1. The van der Waals surface area contributed by atoms with Gasteiger partial charge in [0, 0.05) is 37.9 Å². The normalized spacial score (nSPS) is 19.1. The molecular formula is C17H22ClN5O3S. The molecule has 3 heterocycles. The molecule has 8 nitrogen and oxygen atoms in total. The SMILES string of the molecule is C[C@H](CC(=O)N1CCC[C@@H](c2ncc(Cl)cc2S(C)(=O)=O)C1)n1cncn1. The molecule has 0 N–H and O–H groups in total. The first-order valence-corrected chi connectivity index (χ1v) is 11.0. The number of sulfone groups is 1. The van der Waals surface area contributed by atoms with E-state index in [0.717, 1.165) is 19.1 Å². The highest BCUT2D eigenvalue weighted by molar-refractivity contribution is 7.90. The van der Waals surface area contributed by atoms with Gasteiger partial charge < -0.3 is 4.90 Å². The molecule has 1 amide bonds. The molecule has 1 aliphatic heterocycles. The molecule has 0 spiro atoms. The molecule has 3 rings (SSSR count). The second kappa shape index (κ2) is 7.93. The van der Waals surface area contributed by atoms with E-state index in [4.69, 9.17) is 11.6 Å². The lowest BCUT2D eigenvalue weighted by Gasteiger charge is -2.33. The van der Waals surface area contributed by atoms with Crippen LogP contribution in [0.3, 0.4) is 0 Å². The van der Waals surface area contributed by atoms with Gasteiger partial charge >= 0.3 is 0 Å². The van der Waals surface area contributed by atoms with E-state index >= 15 is 0 Å². The number of nitrogens with zero attached hydrogens (tertiary/aromatic N) is 5. The Morgan fingerprint density at radius 3 is 2.89 bits per heavy atom. The second-order valence-corrected chi connectivity index (χ2v) is 9.34. The third kappa shape index (κ3) is 4.65. The number of carbonyl (C=O) groups is 1. The Kier molecular flexibility index (Phi) is 5.81. The number of amides is 1. The third-order valence-electron chi connectivity index (χ3n) is 4.77. The van der Waals surface area contributed by atoms with Gasteiger partial charge in [-0.2, -0.15) is 5.10 Å². The summed E-state index contributed by atoms with van der Waals surface area (Å²) in [4.78, 5) is 22.8. The molecule has 2 aromatic rings. The Labute approximate surface area is 163 Å². The molecule has 146 valence electrons. The van der Waals surface area contributed by atoms with E-state index in [1.54, 1.807) is 15.9 Å². The minimum absolute atomic E-state index is 0.0116. The number of pyridine rings is 1. The highest BCUT2D eigenvalue weighted by Crippen LogP contribution is 2.32. The summed E-state index contributed by atoms with van der Waals surface area (Å²) in [6, 6.07) is 1.34. The maximum Gasteiger partial charge on any atom is 0.224 e. The minimum Gasteiger partial charge on any atom is -0.342 e. The van der Waals surface area contributed by atoms with Crippen molar-refractivity contribution in [2.75, 3.05) is 19.3 Å². The molecule has 2 atom stereocenters. The van der Waals surface area contributed by atoms with E-state index in [2.05, 4.69) is 15.1 Å². The first-order chi connectivity index (χ1) is 12.8. The summed E-state index contributed by atoms with van der Waals surface area (Å²) < 4.78 is 25.9. The van der Waals surface area contributed by atoms with E-state index in [0.29, 0.717) is 25.2 Å². The fourth-order valence-electron chi connectivity index (χ4n) is 3.38. The monoisotopic (exact) mass is 411 g/mol. The van der Waals surface area contributed by atoms with Crippen molar-refractivity contribution in [3.63, 3.8) is 0 Å². The standard InChI is InChI=1S/C17H22ClN5O3S/c1-12(23-11-19-10-21-23)6-16(24)22-5-3-4-13(9-22)17-15(27(2,25)26)7-14(18)8-20-17/h7-8,10-13H,3-6,9H2,1-2H3/t12-,13-/m1/s1. The number of hydrogen-bond acceptors (Lipinski definition) is 6. The second-order valence-electron chi connectivity index (χ2n) is 6.92. The molecule has 2 aromatic heterocycles. The van der Waals surface area contributed by atoms with Gasteiger partial charge in [-0.15, -0.1) is 0 Å². The molecule has 1 aliphatic rings. The van der Waals surface area contributed by atoms with Gasteiger partial charge in [-0.3, -0.25) is 9.78 Å². The Bertz CT molecular complexity index is 917. The average molecular weight is 412 g/mol. The molecule has 0 radical (unpaired) electrons. The van der Waals surface area contributed by atoms with Gasteiger partial charge in [-0.05, 0) is 25.8 Å². The molecule has 1 fully saturated rings. The van der Waals surface area contributed by atoms with Crippen LogP contribution >= 0.6 is 11.6 Å². The van der Waals surface area contributed by atoms with Crippen LogP contribution in [0.4, 0.5) is 0 Å². The Hall–Kier alpha value is -2.00. The number of likely N-dealkylation sites (tertiary alicyclic amines) is 1. The van der Waals surface area contributed by atoms with E-state index in [1.165, 1.54) is 18.6 Å². The smallest absolute Gasteiger partial charge is 0.224 e. The quantitative estimate of drug-likeness (QED) is 0.747.